The Balaban J connectivity index is 2.59. The number of hydrogen-bond acceptors (Lipinski definition) is 3. The zero-order chi connectivity index (χ0) is 10.4. The van der Waals surface area contributed by atoms with Gasteiger partial charge in [0.05, 0.1) is 0 Å². The second kappa shape index (κ2) is 5.32. The minimum Gasteiger partial charge on any atom is -0.364 e. The van der Waals surface area contributed by atoms with Crippen molar-refractivity contribution in [2.24, 2.45) is 5.73 Å². The minimum absolute atomic E-state index is 0.298. The first kappa shape index (κ1) is 10.6. The molecule has 0 spiro atoms. The second-order valence-corrected chi connectivity index (χ2v) is 3.18. The first-order valence-corrected chi connectivity index (χ1v) is 4.85. The molecule has 1 heterocycles. The summed E-state index contributed by atoms with van der Waals surface area (Å²) in [7, 11) is 0. The fourth-order valence-electron chi connectivity index (χ4n) is 1.19. The average Bonchev–Trinajstić information content (AvgIpc) is 2.19. The molecule has 1 aromatic rings. The number of carbonyl (C=O) groups is 1. The van der Waals surface area contributed by atoms with Crippen molar-refractivity contribution in [3.05, 3.63) is 23.8 Å². The van der Waals surface area contributed by atoms with Crippen LogP contribution in [0.4, 0.5) is 0 Å². The van der Waals surface area contributed by atoms with E-state index in [9.17, 15) is 4.79 Å². The highest BCUT2D eigenvalue weighted by atomic mass is 16.1. The first-order chi connectivity index (χ1) is 6.74. The molecule has 0 radical (unpaired) electrons. The number of amides is 1. The molecule has 0 saturated carbocycles. The summed E-state index contributed by atoms with van der Waals surface area (Å²) in [4.78, 5) is 18.9. The Hall–Kier alpha value is -1.45. The minimum atomic E-state index is -0.496. The molecule has 0 aromatic carbocycles. The van der Waals surface area contributed by atoms with E-state index in [1.165, 1.54) is 6.07 Å². The summed E-state index contributed by atoms with van der Waals surface area (Å²) in [5.74, 6) is 0.207. The lowest BCUT2D eigenvalue weighted by Crippen LogP contribution is -2.14. The predicted molar refractivity (Wildman–Crippen MR) is 53.8 cm³/mol. The lowest BCUT2D eigenvalue weighted by atomic mass is 10.2. The van der Waals surface area contributed by atoms with Gasteiger partial charge in [0.25, 0.3) is 5.91 Å². The van der Waals surface area contributed by atoms with Gasteiger partial charge in [0.1, 0.15) is 11.5 Å². The molecule has 0 unspecified atom stereocenters. The van der Waals surface area contributed by atoms with Crippen molar-refractivity contribution in [3.63, 3.8) is 0 Å². The second-order valence-electron chi connectivity index (χ2n) is 3.18. The highest BCUT2D eigenvalue weighted by Gasteiger charge is 2.03. The molecule has 0 bridgehead atoms. The third kappa shape index (κ3) is 3.12. The number of nitrogens with zero attached hydrogens (tertiary/aromatic N) is 2. The Morgan fingerprint density at radius 2 is 2.29 bits per heavy atom. The van der Waals surface area contributed by atoms with E-state index in [0.29, 0.717) is 11.5 Å². The molecule has 0 aliphatic carbocycles. The number of aromatic nitrogens is 2. The van der Waals surface area contributed by atoms with E-state index in [1.54, 1.807) is 6.20 Å². The Kier molecular flexibility index (Phi) is 4.04. The molecule has 1 amide bonds. The van der Waals surface area contributed by atoms with Crippen LogP contribution in [0.15, 0.2) is 12.3 Å². The lowest BCUT2D eigenvalue weighted by Gasteiger charge is -2.00. The maximum absolute atomic E-state index is 10.8. The number of aryl methyl sites for hydroxylation is 1. The molecule has 0 saturated heterocycles. The summed E-state index contributed by atoms with van der Waals surface area (Å²) in [5.41, 5.74) is 5.41. The molecule has 2 N–H and O–H groups in total. The number of primary amides is 1. The standard InChI is InChI=1S/C10H15N3O/c1-2-3-4-5-9-12-7-6-8(13-9)10(11)14/h6-7H,2-5H2,1H3,(H2,11,14). The highest BCUT2D eigenvalue weighted by Crippen LogP contribution is 2.02. The molecular weight excluding hydrogens is 178 g/mol. The van der Waals surface area contributed by atoms with E-state index in [1.807, 2.05) is 0 Å². The quantitative estimate of drug-likeness (QED) is 0.717. The molecule has 0 atom stereocenters. The molecule has 0 aliphatic heterocycles. The van der Waals surface area contributed by atoms with E-state index in [-0.39, 0.29) is 0 Å². The largest absolute Gasteiger partial charge is 0.364 e. The van der Waals surface area contributed by atoms with Gasteiger partial charge in [-0.05, 0) is 12.5 Å². The Labute approximate surface area is 83.6 Å². The van der Waals surface area contributed by atoms with Gasteiger partial charge in [-0.15, -0.1) is 0 Å². The van der Waals surface area contributed by atoms with Crippen LogP contribution in [-0.2, 0) is 6.42 Å². The average molecular weight is 193 g/mol. The number of hydrogen-bond donors (Lipinski definition) is 1. The van der Waals surface area contributed by atoms with Gasteiger partial charge >= 0.3 is 0 Å². The Bertz CT molecular complexity index is 312. The number of carbonyl (C=O) groups excluding carboxylic acids is 1. The lowest BCUT2D eigenvalue weighted by molar-refractivity contribution is 0.0995. The fraction of sp³-hybridized carbons (Fsp3) is 0.500. The van der Waals surface area contributed by atoms with Crippen molar-refractivity contribution < 1.29 is 4.79 Å². The van der Waals surface area contributed by atoms with Crippen molar-refractivity contribution in [1.29, 1.82) is 0 Å². The van der Waals surface area contributed by atoms with Gasteiger partial charge < -0.3 is 5.73 Å². The van der Waals surface area contributed by atoms with Gasteiger partial charge in [-0.1, -0.05) is 19.8 Å². The highest BCUT2D eigenvalue weighted by molar-refractivity contribution is 5.90. The predicted octanol–water partition coefficient (Wildman–Crippen LogP) is 1.31. The number of rotatable bonds is 5. The van der Waals surface area contributed by atoms with Crippen LogP contribution in [-0.4, -0.2) is 15.9 Å². The molecular formula is C10H15N3O. The molecule has 0 aliphatic rings. The normalized spacial score (nSPS) is 10.1. The molecule has 1 aromatic heterocycles. The van der Waals surface area contributed by atoms with Gasteiger partial charge in [0.15, 0.2) is 0 Å². The van der Waals surface area contributed by atoms with Crippen LogP contribution in [0.1, 0.15) is 42.5 Å². The van der Waals surface area contributed by atoms with Crippen LogP contribution in [0.5, 0.6) is 0 Å². The smallest absolute Gasteiger partial charge is 0.267 e. The summed E-state index contributed by atoms with van der Waals surface area (Å²) in [6, 6.07) is 1.53. The fourth-order valence-corrected chi connectivity index (χ4v) is 1.19. The van der Waals surface area contributed by atoms with E-state index >= 15 is 0 Å². The summed E-state index contributed by atoms with van der Waals surface area (Å²) in [6.45, 7) is 2.14. The Morgan fingerprint density at radius 1 is 1.50 bits per heavy atom. The summed E-state index contributed by atoms with van der Waals surface area (Å²) in [5, 5.41) is 0. The first-order valence-electron chi connectivity index (χ1n) is 4.85. The van der Waals surface area contributed by atoms with Crippen molar-refractivity contribution >= 4 is 5.91 Å². The van der Waals surface area contributed by atoms with Crippen LogP contribution in [0.2, 0.25) is 0 Å². The maximum Gasteiger partial charge on any atom is 0.267 e. The molecule has 4 nitrogen and oxygen atoms in total. The zero-order valence-electron chi connectivity index (χ0n) is 8.36. The molecule has 0 fully saturated rings. The zero-order valence-corrected chi connectivity index (χ0v) is 8.36. The summed E-state index contributed by atoms with van der Waals surface area (Å²) >= 11 is 0. The van der Waals surface area contributed by atoms with Crippen molar-refractivity contribution in [3.8, 4) is 0 Å². The van der Waals surface area contributed by atoms with Crippen molar-refractivity contribution in [1.82, 2.24) is 9.97 Å². The summed E-state index contributed by atoms with van der Waals surface area (Å²) < 4.78 is 0. The van der Waals surface area contributed by atoms with Crippen molar-refractivity contribution in [2.45, 2.75) is 32.6 Å². The monoisotopic (exact) mass is 193 g/mol. The van der Waals surface area contributed by atoms with E-state index < -0.39 is 5.91 Å². The topological polar surface area (TPSA) is 68.9 Å². The maximum atomic E-state index is 10.8. The van der Waals surface area contributed by atoms with Gasteiger partial charge in [0, 0.05) is 12.6 Å². The van der Waals surface area contributed by atoms with Crippen LogP contribution < -0.4 is 5.73 Å². The number of nitrogens with two attached hydrogens (primary N) is 1. The molecule has 14 heavy (non-hydrogen) atoms. The van der Waals surface area contributed by atoms with E-state index in [0.717, 1.165) is 25.7 Å². The molecule has 1 rings (SSSR count). The number of unbranched alkanes of at least 4 members (excludes halogenated alkanes) is 2. The third-order valence-electron chi connectivity index (χ3n) is 1.96. The third-order valence-corrected chi connectivity index (χ3v) is 1.96. The van der Waals surface area contributed by atoms with Crippen LogP contribution >= 0.6 is 0 Å². The van der Waals surface area contributed by atoms with Gasteiger partial charge in [-0.3, -0.25) is 4.79 Å². The van der Waals surface area contributed by atoms with E-state index in [2.05, 4.69) is 16.9 Å². The van der Waals surface area contributed by atoms with E-state index in [4.69, 9.17) is 5.73 Å². The van der Waals surface area contributed by atoms with Gasteiger partial charge in [0.2, 0.25) is 0 Å². The van der Waals surface area contributed by atoms with Crippen LogP contribution in [0.3, 0.4) is 0 Å². The summed E-state index contributed by atoms with van der Waals surface area (Å²) in [6.07, 6.45) is 5.77. The molecule has 4 heteroatoms. The SMILES string of the molecule is CCCCCc1nccc(C(N)=O)n1. The van der Waals surface area contributed by atoms with Crippen LogP contribution in [0.25, 0.3) is 0 Å². The van der Waals surface area contributed by atoms with Gasteiger partial charge in [-0.25, -0.2) is 9.97 Å². The van der Waals surface area contributed by atoms with Crippen LogP contribution in [0, 0.1) is 0 Å². The van der Waals surface area contributed by atoms with Gasteiger partial charge in [-0.2, -0.15) is 0 Å². The molecule has 76 valence electrons. The Morgan fingerprint density at radius 3 is 2.93 bits per heavy atom. The van der Waals surface area contributed by atoms with Crippen molar-refractivity contribution in [2.75, 3.05) is 0 Å².